The molecule has 3 aromatic carbocycles. The van der Waals surface area contributed by atoms with E-state index in [9.17, 15) is 14.4 Å². The molecule has 0 fully saturated rings. The van der Waals surface area contributed by atoms with E-state index < -0.39 is 5.97 Å². The van der Waals surface area contributed by atoms with Crippen molar-refractivity contribution in [1.82, 2.24) is 0 Å². The number of esters is 1. The van der Waals surface area contributed by atoms with Gasteiger partial charge in [0.15, 0.2) is 6.61 Å². The van der Waals surface area contributed by atoms with Crippen LogP contribution in [0.25, 0.3) is 6.08 Å². The Morgan fingerprint density at radius 1 is 0.919 bits per heavy atom. The second-order valence-corrected chi connectivity index (χ2v) is 8.12. The maximum Gasteiger partial charge on any atom is 0.340 e. The van der Waals surface area contributed by atoms with Crippen molar-refractivity contribution < 1.29 is 28.6 Å². The minimum atomic E-state index is -0.605. The molecule has 8 heteroatoms. The van der Waals surface area contributed by atoms with Crippen LogP contribution in [0.2, 0.25) is 0 Å². The third kappa shape index (κ3) is 5.70. The summed E-state index contributed by atoms with van der Waals surface area (Å²) >= 11 is 0. The molecule has 8 nitrogen and oxygen atoms in total. The van der Waals surface area contributed by atoms with Crippen LogP contribution in [0, 0.1) is 0 Å². The molecule has 3 aromatic rings. The van der Waals surface area contributed by atoms with Crippen LogP contribution in [-0.2, 0) is 19.1 Å². The number of carbonyl (C=O) groups excluding carboxylic acids is 3. The fourth-order valence-corrected chi connectivity index (χ4v) is 3.93. The lowest BCUT2D eigenvalue weighted by atomic mass is 10.0. The highest BCUT2D eigenvalue weighted by molar-refractivity contribution is 6.23. The number of hydrogen-bond acceptors (Lipinski definition) is 6. The first-order chi connectivity index (χ1) is 17.9. The minimum absolute atomic E-state index is 0.155. The molecule has 0 saturated carbocycles. The van der Waals surface area contributed by atoms with Crippen molar-refractivity contribution in [2.75, 3.05) is 31.0 Å². The quantitative estimate of drug-likeness (QED) is 0.361. The topological polar surface area (TPSA) is 94.2 Å². The molecule has 0 spiro atoms. The number of benzene rings is 3. The first kappa shape index (κ1) is 25.2. The molecule has 1 heterocycles. The number of para-hydroxylation sites is 1. The van der Waals surface area contributed by atoms with E-state index in [-0.39, 0.29) is 29.6 Å². The summed E-state index contributed by atoms with van der Waals surface area (Å²) < 4.78 is 15.8. The van der Waals surface area contributed by atoms with E-state index in [0.717, 1.165) is 0 Å². The zero-order valence-electron chi connectivity index (χ0n) is 20.7. The van der Waals surface area contributed by atoms with E-state index in [4.69, 9.17) is 14.2 Å². The van der Waals surface area contributed by atoms with Crippen molar-refractivity contribution in [3.63, 3.8) is 0 Å². The molecule has 0 atom stereocenters. The van der Waals surface area contributed by atoms with Crippen LogP contribution in [0.5, 0.6) is 11.5 Å². The van der Waals surface area contributed by atoms with Crippen LogP contribution < -0.4 is 19.7 Å². The summed E-state index contributed by atoms with van der Waals surface area (Å²) in [5.74, 6) is -0.171. The Hall–Kier alpha value is -4.85. The second kappa shape index (κ2) is 11.3. The molecule has 0 bridgehead atoms. The molecule has 188 valence electrons. The zero-order chi connectivity index (χ0) is 26.4. The van der Waals surface area contributed by atoms with Crippen molar-refractivity contribution in [1.29, 1.82) is 0 Å². The molecule has 0 aliphatic carbocycles. The van der Waals surface area contributed by atoms with Gasteiger partial charge in [-0.15, -0.1) is 0 Å². The summed E-state index contributed by atoms with van der Waals surface area (Å²) in [6.45, 7) is 1.54. The summed E-state index contributed by atoms with van der Waals surface area (Å²) in [5, 5.41) is 2.75. The van der Waals surface area contributed by atoms with Crippen LogP contribution in [0.15, 0.2) is 95.7 Å². The van der Waals surface area contributed by atoms with Gasteiger partial charge in [0.05, 0.1) is 31.1 Å². The molecule has 0 aromatic heterocycles. The Kier molecular flexibility index (Phi) is 7.68. The van der Waals surface area contributed by atoms with Gasteiger partial charge in [0.2, 0.25) is 0 Å². The summed E-state index contributed by atoms with van der Waals surface area (Å²) in [6, 6.07) is 23.0. The summed E-state index contributed by atoms with van der Waals surface area (Å²) in [4.78, 5) is 39.6. The Balaban J connectivity index is 1.52. The average molecular weight is 499 g/mol. The van der Waals surface area contributed by atoms with Crippen LogP contribution in [0.3, 0.4) is 0 Å². The van der Waals surface area contributed by atoms with Crippen LogP contribution in [0.1, 0.15) is 12.5 Å². The predicted octanol–water partition coefficient (Wildman–Crippen LogP) is 4.59. The van der Waals surface area contributed by atoms with E-state index in [1.54, 1.807) is 80.8 Å². The monoisotopic (exact) mass is 498 g/mol. The molecule has 4 rings (SSSR count). The molecule has 1 N–H and O–H groups in total. The fraction of sp³-hybridized carbons (Fsp3) is 0.138. The molecule has 0 radical (unpaired) electrons. The molecule has 1 aliphatic heterocycles. The number of amides is 2. The zero-order valence-corrected chi connectivity index (χ0v) is 20.7. The van der Waals surface area contributed by atoms with E-state index in [2.05, 4.69) is 5.32 Å². The van der Waals surface area contributed by atoms with Crippen molar-refractivity contribution in [2.45, 2.75) is 6.92 Å². The van der Waals surface area contributed by atoms with Crippen molar-refractivity contribution >= 4 is 35.2 Å². The van der Waals surface area contributed by atoms with Crippen LogP contribution in [0.4, 0.5) is 11.4 Å². The van der Waals surface area contributed by atoms with E-state index in [0.29, 0.717) is 34.1 Å². The van der Waals surface area contributed by atoms with E-state index in [1.165, 1.54) is 12.0 Å². The van der Waals surface area contributed by atoms with Gasteiger partial charge in [-0.3, -0.25) is 14.5 Å². The number of rotatable bonds is 8. The number of anilines is 2. The number of carbonyl (C=O) groups is 3. The number of nitrogens with one attached hydrogen (secondary N) is 1. The van der Waals surface area contributed by atoms with Gasteiger partial charge in [-0.25, -0.2) is 4.79 Å². The molecule has 2 amide bonds. The lowest BCUT2D eigenvalue weighted by Crippen LogP contribution is -2.24. The third-order valence-electron chi connectivity index (χ3n) is 5.72. The van der Waals surface area contributed by atoms with E-state index in [1.807, 2.05) is 18.2 Å². The molecular weight excluding hydrogens is 472 g/mol. The Morgan fingerprint density at radius 2 is 1.65 bits per heavy atom. The highest BCUT2D eigenvalue weighted by Gasteiger charge is 2.38. The average Bonchev–Trinajstić information content (AvgIpc) is 3.17. The number of allylic oxidation sites excluding steroid dienone is 1. The fourth-order valence-electron chi connectivity index (χ4n) is 3.93. The maximum atomic E-state index is 13.4. The normalized spacial score (nSPS) is 14.1. The van der Waals surface area contributed by atoms with Gasteiger partial charge >= 0.3 is 5.97 Å². The molecule has 0 saturated heterocycles. The highest BCUT2D eigenvalue weighted by atomic mass is 16.5. The number of ether oxygens (including phenoxy) is 3. The molecular formula is C29H26N2O6. The standard InChI is InChI=1S/C29H26N2O6/c1-19-27(29(34)36-3)25(28(33)31(19)22-10-7-11-24(17-22)35-2)16-20-12-14-23(15-13-20)37-18-26(32)30-21-8-5-4-6-9-21/h4-17H,18H2,1-3H3,(H,30,32)/b25-16-. The largest absolute Gasteiger partial charge is 0.497 e. The van der Waals surface area contributed by atoms with Crippen molar-refractivity contribution in [2.24, 2.45) is 0 Å². The van der Waals surface area contributed by atoms with Crippen LogP contribution in [-0.4, -0.2) is 38.6 Å². The third-order valence-corrected chi connectivity index (χ3v) is 5.72. The summed E-state index contributed by atoms with van der Waals surface area (Å²) in [6.07, 6.45) is 1.63. The number of nitrogens with zero attached hydrogens (tertiary/aromatic N) is 1. The van der Waals surface area contributed by atoms with Gasteiger partial charge in [-0.1, -0.05) is 36.4 Å². The Bertz CT molecular complexity index is 1380. The number of hydrogen-bond donors (Lipinski definition) is 1. The molecule has 37 heavy (non-hydrogen) atoms. The Morgan fingerprint density at radius 3 is 2.32 bits per heavy atom. The lowest BCUT2D eigenvalue weighted by molar-refractivity contribution is -0.136. The van der Waals surface area contributed by atoms with Crippen molar-refractivity contribution in [3.05, 3.63) is 101 Å². The molecule has 1 aliphatic rings. The Labute approximate surface area is 214 Å². The van der Waals surface area contributed by atoms with E-state index >= 15 is 0 Å². The summed E-state index contributed by atoms with van der Waals surface area (Å²) in [5.41, 5.74) is 2.79. The van der Waals surface area contributed by atoms with Gasteiger partial charge in [-0.2, -0.15) is 0 Å². The van der Waals surface area contributed by atoms with Gasteiger partial charge in [0.25, 0.3) is 11.8 Å². The first-order valence-corrected chi connectivity index (χ1v) is 11.5. The smallest absolute Gasteiger partial charge is 0.340 e. The predicted molar refractivity (Wildman–Crippen MR) is 140 cm³/mol. The lowest BCUT2D eigenvalue weighted by Gasteiger charge is -2.18. The summed E-state index contributed by atoms with van der Waals surface area (Å²) in [7, 11) is 2.82. The SMILES string of the molecule is COC(=O)C1=C(C)N(c2cccc(OC)c2)C(=O)/C1=C\c1ccc(OCC(=O)Nc2ccccc2)cc1. The van der Waals surface area contributed by atoms with Crippen LogP contribution >= 0.6 is 0 Å². The molecule has 0 unspecified atom stereocenters. The minimum Gasteiger partial charge on any atom is -0.497 e. The number of methoxy groups -OCH3 is 2. The maximum absolute atomic E-state index is 13.4. The van der Waals surface area contributed by atoms with Gasteiger partial charge in [0, 0.05) is 17.5 Å². The first-order valence-electron chi connectivity index (χ1n) is 11.5. The second-order valence-electron chi connectivity index (χ2n) is 8.12. The van der Waals surface area contributed by atoms with Gasteiger partial charge in [-0.05, 0) is 55.0 Å². The highest BCUT2D eigenvalue weighted by Crippen LogP contribution is 2.36. The van der Waals surface area contributed by atoms with Crippen molar-refractivity contribution in [3.8, 4) is 11.5 Å². The van der Waals surface area contributed by atoms with Gasteiger partial charge < -0.3 is 19.5 Å². The van der Waals surface area contributed by atoms with Gasteiger partial charge in [0.1, 0.15) is 11.5 Å².